The average Bonchev–Trinajstić information content (AvgIpc) is 3.13. The molecule has 0 saturated heterocycles. The first-order chi connectivity index (χ1) is 22.8. The highest BCUT2D eigenvalue weighted by Crippen LogP contribution is 2.45. The molecule has 46 heavy (non-hydrogen) atoms. The van der Waals surface area contributed by atoms with Crippen molar-refractivity contribution in [3.05, 3.63) is 192 Å². The van der Waals surface area contributed by atoms with E-state index < -0.39 is 0 Å². The molecular formula is C46H32. The highest BCUT2D eigenvalue weighted by molar-refractivity contribution is 6.23. The van der Waals surface area contributed by atoms with E-state index in [1.165, 1.54) is 76.8 Å². The van der Waals surface area contributed by atoms with Gasteiger partial charge >= 0.3 is 0 Å². The lowest BCUT2D eigenvalue weighted by Crippen LogP contribution is -1.91. The van der Waals surface area contributed by atoms with Gasteiger partial charge in [-0.05, 0) is 89.0 Å². The Kier molecular flexibility index (Phi) is 7.30. The van der Waals surface area contributed by atoms with E-state index >= 15 is 0 Å². The highest BCUT2D eigenvalue weighted by atomic mass is 14.2. The number of hydrogen-bond donors (Lipinski definition) is 0. The molecule has 0 atom stereocenters. The molecule has 0 unspecified atom stereocenters. The SMILES string of the molecule is C(=C\c1ccc(-c2c3ccccc3c(-c3ccc(/C=C/c4ccccc4)cc3)c3cc4ccccc4cc23)cc1)/c1ccccc1. The first-order valence-corrected chi connectivity index (χ1v) is 15.8. The molecule has 0 aliphatic carbocycles. The van der Waals surface area contributed by atoms with Gasteiger partial charge in [0, 0.05) is 0 Å². The Balaban J connectivity index is 1.29. The van der Waals surface area contributed by atoms with Crippen LogP contribution >= 0.6 is 0 Å². The maximum absolute atomic E-state index is 2.39. The van der Waals surface area contributed by atoms with Gasteiger partial charge in [0.15, 0.2) is 0 Å². The molecule has 0 bridgehead atoms. The third-order valence-corrected chi connectivity index (χ3v) is 8.82. The Bertz CT molecular complexity index is 2190. The molecule has 0 aliphatic rings. The van der Waals surface area contributed by atoms with Crippen molar-refractivity contribution >= 4 is 56.6 Å². The van der Waals surface area contributed by atoms with Crippen LogP contribution in [0.3, 0.4) is 0 Å². The minimum Gasteiger partial charge on any atom is -0.0622 e. The fraction of sp³-hybridized carbons (Fsp3) is 0. The molecule has 0 fully saturated rings. The lowest BCUT2D eigenvalue weighted by Gasteiger charge is -2.19. The van der Waals surface area contributed by atoms with Crippen LogP contribution in [0.4, 0.5) is 0 Å². The molecule has 0 N–H and O–H groups in total. The fourth-order valence-corrected chi connectivity index (χ4v) is 6.52. The van der Waals surface area contributed by atoms with Crippen LogP contribution in [-0.4, -0.2) is 0 Å². The molecule has 0 spiro atoms. The fourth-order valence-electron chi connectivity index (χ4n) is 6.52. The molecule has 0 amide bonds. The van der Waals surface area contributed by atoms with Gasteiger partial charge in [-0.25, -0.2) is 0 Å². The van der Waals surface area contributed by atoms with Crippen LogP contribution in [0.2, 0.25) is 0 Å². The second-order valence-electron chi connectivity index (χ2n) is 11.8. The normalized spacial score (nSPS) is 11.7. The molecule has 0 aromatic heterocycles. The maximum atomic E-state index is 2.39. The minimum atomic E-state index is 1.18. The van der Waals surface area contributed by atoms with E-state index in [0.29, 0.717) is 0 Å². The number of rotatable bonds is 6. The number of benzene rings is 8. The van der Waals surface area contributed by atoms with Gasteiger partial charge in [0.25, 0.3) is 0 Å². The second kappa shape index (κ2) is 12.2. The van der Waals surface area contributed by atoms with Gasteiger partial charge in [0.05, 0.1) is 0 Å². The molecule has 0 nitrogen and oxygen atoms in total. The third kappa shape index (κ3) is 5.42. The molecule has 0 saturated carbocycles. The zero-order valence-electron chi connectivity index (χ0n) is 25.5. The molecule has 0 heterocycles. The summed E-state index contributed by atoms with van der Waals surface area (Å²) < 4.78 is 0. The Morgan fingerprint density at radius 1 is 0.261 bits per heavy atom. The Morgan fingerprint density at radius 2 is 0.587 bits per heavy atom. The van der Waals surface area contributed by atoms with Gasteiger partial charge in [0.2, 0.25) is 0 Å². The van der Waals surface area contributed by atoms with Crippen molar-refractivity contribution in [1.82, 2.24) is 0 Å². The summed E-state index contributed by atoms with van der Waals surface area (Å²) >= 11 is 0. The monoisotopic (exact) mass is 584 g/mol. The lowest BCUT2D eigenvalue weighted by atomic mass is 9.84. The number of fused-ring (bicyclic) bond motifs is 3. The van der Waals surface area contributed by atoms with Gasteiger partial charge in [-0.15, -0.1) is 0 Å². The molecule has 0 aliphatic heterocycles. The van der Waals surface area contributed by atoms with Crippen LogP contribution in [-0.2, 0) is 0 Å². The summed E-state index contributed by atoms with van der Waals surface area (Å²) in [6, 6.07) is 61.3. The van der Waals surface area contributed by atoms with Crippen LogP contribution in [0.5, 0.6) is 0 Å². The van der Waals surface area contributed by atoms with Crippen LogP contribution < -0.4 is 0 Å². The summed E-state index contributed by atoms with van der Waals surface area (Å²) in [4.78, 5) is 0. The molecule has 0 heteroatoms. The van der Waals surface area contributed by atoms with E-state index in [4.69, 9.17) is 0 Å². The van der Waals surface area contributed by atoms with Crippen molar-refractivity contribution in [3.63, 3.8) is 0 Å². The van der Waals surface area contributed by atoms with E-state index in [9.17, 15) is 0 Å². The van der Waals surface area contributed by atoms with Crippen LogP contribution in [0.1, 0.15) is 22.3 Å². The highest BCUT2D eigenvalue weighted by Gasteiger charge is 2.17. The Morgan fingerprint density at radius 3 is 0.978 bits per heavy atom. The van der Waals surface area contributed by atoms with Gasteiger partial charge < -0.3 is 0 Å². The van der Waals surface area contributed by atoms with E-state index in [0.717, 1.165) is 0 Å². The summed E-state index contributed by atoms with van der Waals surface area (Å²) in [6.07, 6.45) is 8.71. The van der Waals surface area contributed by atoms with E-state index in [-0.39, 0.29) is 0 Å². The van der Waals surface area contributed by atoms with Gasteiger partial charge in [-0.2, -0.15) is 0 Å². The van der Waals surface area contributed by atoms with Gasteiger partial charge in [0.1, 0.15) is 0 Å². The van der Waals surface area contributed by atoms with Crippen molar-refractivity contribution in [2.75, 3.05) is 0 Å². The van der Waals surface area contributed by atoms with Crippen molar-refractivity contribution in [3.8, 4) is 22.3 Å². The Labute approximate surface area is 270 Å². The predicted octanol–water partition coefficient (Wildman–Crippen LogP) is 12.8. The first kappa shape index (κ1) is 27.6. The molecule has 0 radical (unpaired) electrons. The first-order valence-electron chi connectivity index (χ1n) is 15.8. The standard InChI is InChI=1S/C46H32/c1-3-11-33(12-4-1)19-21-35-23-27-37(28-24-35)45-41-17-9-10-18-42(41)46(44-32-40-16-8-7-15-39(40)31-43(44)45)38-29-25-36(26-30-38)22-20-34-13-5-2-6-14-34/h1-32H/b21-19+,22-20+. The summed E-state index contributed by atoms with van der Waals surface area (Å²) in [5.74, 6) is 0. The average molecular weight is 585 g/mol. The van der Waals surface area contributed by atoms with Crippen molar-refractivity contribution in [2.45, 2.75) is 0 Å². The summed E-state index contributed by atoms with van der Waals surface area (Å²) in [5, 5.41) is 7.57. The molecule has 8 rings (SSSR count). The summed E-state index contributed by atoms with van der Waals surface area (Å²) in [7, 11) is 0. The topological polar surface area (TPSA) is 0 Å². The molecule has 8 aromatic rings. The second-order valence-corrected chi connectivity index (χ2v) is 11.8. The molecule has 8 aromatic carbocycles. The lowest BCUT2D eigenvalue weighted by molar-refractivity contribution is 1.62. The van der Waals surface area contributed by atoms with E-state index in [1.807, 2.05) is 0 Å². The van der Waals surface area contributed by atoms with E-state index in [1.54, 1.807) is 0 Å². The molecule has 216 valence electrons. The number of hydrogen-bond acceptors (Lipinski definition) is 0. The zero-order chi connectivity index (χ0) is 30.7. The smallest absolute Gasteiger partial charge is 0.00261 e. The van der Waals surface area contributed by atoms with Crippen LogP contribution in [0.15, 0.2) is 170 Å². The summed E-state index contributed by atoms with van der Waals surface area (Å²) in [6.45, 7) is 0. The van der Waals surface area contributed by atoms with Crippen molar-refractivity contribution in [1.29, 1.82) is 0 Å². The van der Waals surface area contributed by atoms with Crippen molar-refractivity contribution in [2.24, 2.45) is 0 Å². The summed E-state index contributed by atoms with van der Waals surface area (Å²) in [5.41, 5.74) is 9.77. The minimum absolute atomic E-state index is 1.18. The molecular weight excluding hydrogens is 553 g/mol. The zero-order valence-corrected chi connectivity index (χ0v) is 25.5. The Hall–Kier alpha value is -5.98. The largest absolute Gasteiger partial charge is 0.0622 e. The predicted molar refractivity (Wildman–Crippen MR) is 201 cm³/mol. The van der Waals surface area contributed by atoms with Gasteiger partial charge in [-0.1, -0.05) is 182 Å². The van der Waals surface area contributed by atoms with Crippen LogP contribution in [0.25, 0.3) is 78.9 Å². The third-order valence-electron chi connectivity index (χ3n) is 8.82. The quantitative estimate of drug-likeness (QED) is 0.135. The van der Waals surface area contributed by atoms with Crippen LogP contribution in [0, 0.1) is 0 Å². The van der Waals surface area contributed by atoms with E-state index in [2.05, 4.69) is 194 Å². The van der Waals surface area contributed by atoms with Gasteiger partial charge in [-0.3, -0.25) is 0 Å². The van der Waals surface area contributed by atoms with Crippen molar-refractivity contribution < 1.29 is 0 Å². The maximum Gasteiger partial charge on any atom is -0.00261 e.